The maximum absolute atomic E-state index is 15.8. The first kappa shape index (κ1) is 27.1. The second kappa shape index (κ2) is 10.7. The summed E-state index contributed by atoms with van der Waals surface area (Å²) in [5, 5.41) is 4.36. The lowest BCUT2D eigenvalue weighted by Crippen LogP contribution is -2.30. The topological polar surface area (TPSA) is 68.9 Å². The average molecular weight is 630 g/mol. The molecule has 46 heavy (non-hydrogen) atoms. The summed E-state index contributed by atoms with van der Waals surface area (Å²) in [5.41, 5.74) is 4.19. The van der Waals surface area contributed by atoms with E-state index in [0.717, 1.165) is 64.3 Å². The summed E-state index contributed by atoms with van der Waals surface area (Å²) >= 11 is 1.62. The molecule has 0 amide bonds. The second-order valence-electron chi connectivity index (χ2n) is 11.2. The van der Waals surface area contributed by atoms with E-state index in [4.69, 9.17) is 19.4 Å². The first-order chi connectivity index (χ1) is 22.6. The van der Waals surface area contributed by atoms with Gasteiger partial charge in [0.2, 0.25) is 0 Å². The fraction of sp³-hybridized carbons (Fsp3) is 0. The lowest BCUT2D eigenvalue weighted by atomic mass is 10.1. The van der Waals surface area contributed by atoms with Gasteiger partial charge in [0.15, 0.2) is 24.6 Å². The van der Waals surface area contributed by atoms with Crippen molar-refractivity contribution in [3.63, 3.8) is 0 Å². The Bertz CT molecular complexity index is 2420. The SMILES string of the molecule is O=P1(c2ccccc2)c2cc(-c3nc(-c4ccccc4)nc(-c4ccccc4)n3)ccc2Sc2cc3oc4ccccc4c3cc21. The standard InChI is InChI=1S/C39H24N3O2PS/c43-45(28-16-8-3-9-17-28)33-22-27(39-41-37(25-12-4-1-5-13-25)40-38(42-39)26-14-6-2-7-15-26)20-21-35(33)46-36-24-32-30(23-34(36)45)29-18-10-11-19-31(29)44-32/h1-24H. The molecule has 0 bridgehead atoms. The zero-order valence-corrected chi connectivity index (χ0v) is 26.1. The van der Waals surface area contributed by atoms with Gasteiger partial charge in [-0.2, -0.15) is 0 Å². The number of nitrogens with zero attached hydrogens (tertiary/aromatic N) is 3. The van der Waals surface area contributed by atoms with Crippen LogP contribution in [0.25, 0.3) is 56.1 Å². The van der Waals surface area contributed by atoms with Gasteiger partial charge >= 0.3 is 0 Å². The highest BCUT2D eigenvalue weighted by Gasteiger charge is 2.39. The van der Waals surface area contributed by atoms with Crippen LogP contribution in [0.4, 0.5) is 0 Å². The molecule has 8 aromatic rings. The third-order valence-corrected chi connectivity index (χ3v) is 13.0. The predicted molar refractivity (Wildman–Crippen MR) is 187 cm³/mol. The van der Waals surface area contributed by atoms with E-state index in [2.05, 4.69) is 12.1 Å². The van der Waals surface area contributed by atoms with Gasteiger partial charge in [-0.05, 0) is 30.3 Å². The highest BCUT2D eigenvalue weighted by Crippen LogP contribution is 2.53. The van der Waals surface area contributed by atoms with Crippen LogP contribution in [0, 0.1) is 0 Å². The fourth-order valence-corrected chi connectivity index (χ4v) is 10.9. The monoisotopic (exact) mass is 629 g/mol. The van der Waals surface area contributed by atoms with Crippen molar-refractivity contribution < 1.29 is 8.98 Å². The summed E-state index contributed by atoms with van der Waals surface area (Å²) in [5.74, 6) is 1.70. The first-order valence-corrected chi connectivity index (χ1v) is 17.5. The van der Waals surface area contributed by atoms with Crippen molar-refractivity contribution in [1.29, 1.82) is 0 Å². The van der Waals surface area contributed by atoms with E-state index in [9.17, 15) is 0 Å². The molecule has 3 heterocycles. The van der Waals surface area contributed by atoms with Crippen molar-refractivity contribution >= 4 is 56.8 Å². The smallest absolute Gasteiger partial charge is 0.173 e. The van der Waals surface area contributed by atoms with Crippen LogP contribution in [0.15, 0.2) is 160 Å². The van der Waals surface area contributed by atoms with E-state index in [-0.39, 0.29) is 0 Å². The molecule has 1 aliphatic heterocycles. The Morgan fingerprint density at radius 2 is 1.04 bits per heavy atom. The van der Waals surface area contributed by atoms with Gasteiger partial charge in [-0.1, -0.05) is 127 Å². The maximum Gasteiger partial charge on any atom is 0.173 e. The van der Waals surface area contributed by atoms with E-state index in [1.54, 1.807) is 11.8 Å². The van der Waals surface area contributed by atoms with Crippen LogP contribution in [0.3, 0.4) is 0 Å². The minimum Gasteiger partial charge on any atom is -0.456 e. The third kappa shape index (κ3) is 4.33. The number of aromatic nitrogens is 3. The van der Waals surface area contributed by atoms with Crippen molar-refractivity contribution in [2.45, 2.75) is 9.79 Å². The number of para-hydroxylation sites is 1. The van der Waals surface area contributed by atoms with Gasteiger partial charge in [-0.25, -0.2) is 15.0 Å². The van der Waals surface area contributed by atoms with Crippen LogP contribution in [0.2, 0.25) is 0 Å². The van der Waals surface area contributed by atoms with Gasteiger partial charge < -0.3 is 8.98 Å². The number of rotatable bonds is 4. The van der Waals surface area contributed by atoms with Crippen LogP contribution >= 0.6 is 18.9 Å². The lowest BCUT2D eigenvalue weighted by molar-refractivity contribution is 0.591. The summed E-state index contributed by atoms with van der Waals surface area (Å²) in [4.78, 5) is 16.6. The van der Waals surface area contributed by atoms with E-state index in [1.807, 2.05) is 133 Å². The van der Waals surface area contributed by atoms with Gasteiger partial charge in [0.25, 0.3) is 0 Å². The number of furan rings is 1. The molecule has 2 aromatic heterocycles. The lowest BCUT2D eigenvalue weighted by Gasteiger charge is -2.29. The zero-order valence-electron chi connectivity index (χ0n) is 24.4. The molecule has 0 aliphatic carbocycles. The molecule has 0 radical (unpaired) electrons. The molecule has 0 fully saturated rings. The van der Waals surface area contributed by atoms with Crippen LogP contribution in [-0.4, -0.2) is 15.0 Å². The normalized spacial score (nSPS) is 15.5. The second-order valence-corrected chi connectivity index (χ2v) is 15.0. The van der Waals surface area contributed by atoms with Gasteiger partial charge in [-0.15, -0.1) is 0 Å². The van der Waals surface area contributed by atoms with Crippen molar-refractivity contribution in [1.82, 2.24) is 15.0 Å². The zero-order chi connectivity index (χ0) is 30.7. The largest absolute Gasteiger partial charge is 0.456 e. The predicted octanol–water partition coefficient (Wildman–Crippen LogP) is 8.88. The highest BCUT2D eigenvalue weighted by molar-refractivity contribution is 8.02. The molecule has 0 N–H and O–H groups in total. The molecule has 0 saturated heterocycles. The Kier molecular flexibility index (Phi) is 6.27. The van der Waals surface area contributed by atoms with E-state index in [0.29, 0.717) is 17.5 Å². The average Bonchev–Trinajstić information content (AvgIpc) is 3.49. The summed E-state index contributed by atoms with van der Waals surface area (Å²) in [7, 11) is -3.32. The Morgan fingerprint density at radius 1 is 0.478 bits per heavy atom. The van der Waals surface area contributed by atoms with Crippen LogP contribution < -0.4 is 15.9 Å². The third-order valence-electron chi connectivity index (χ3n) is 8.39. The number of hydrogen-bond donors (Lipinski definition) is 0. The molecule has 0 spiro atoms. The number of hydrogen-bond acceptors (Lipinski definition) is 6. The molecule has 0 saturated carbocycles. The molecule has 218 valence electrons. The highest BCUT2D eigenvalue weighted by atomic mass is 32.2. The molecule has 1 unspecified atom stereocenters. The van der Waals surface area contributed by atoms with Crippen molar-refractivity contribution in [2.75, 3.05) is 0 Å². The molecule has 6 aromatic carbocycles. The van der Waals surface area contributed by atoms with Crippen molar-refractivity contribution in [3.05, 3.63) is 146 Å². The van der Waals surface area contributed by atoms with Gasteiger partial charge in [0.05, 0.1) is 0 Å². The minimum absolute atomic E-state index is 0.530. The Balaban J connectivity index is 1.27. The van der Waals surface area contributed by atoms with E-state index >= 15 is 4.57 Å². The summed E-state index contributed by atoms with van der Waals surface area (Å²) < 4.78 is 22.1. The van der Waals surface area contributed by atoms with Crippen molar-refractivity contribution in [3.8, 4) is 34.2 Å². The summed E-state index contributed by atoms with van der Waals surface area (Å²) in [6.45, 7) is 0. The Hall–Kier alpha value is -5.29. The first-order valence-electron chi connectivity index (χ1n) is 15.0. The van der Waals surface area contributed by atoms with Gasteiger partial charge in [0.1, 0.15) is 11.2 Å². The Labute approximate surface area is 269 Å². The number of fused-ring (bicyclic) bond motifs is 5. The van der Waals surface area contributed by atoms with Crippen LogP contribution in [0.1, 0.15) is 0 Å². The molecule has 1 atom stereocenters. The molecular weight excluding hydrogens is 605 g/mol. The minimum atomic E-state index is -3.32. The van der Waals surface area contributed by atoms with E-state index < -0.39 is 7.14 Å². The molecule has 7 heteroatoms. The molecular formula is C39H24N3O2PS. The van der Waals surface area contributed by atoms with E-state index in [1.165, 1.54) is 0 Å². The summed E-state index contributed by atoms with van der Waals surface area (Å²) in [6, 6.07) is 47.9. The molecule has 9 rings (SSSR count). The Morgan fingerprint density at radius 3 is 1.72 bits per heavy atom. The van der Waals surface area contributed by atoms with Gasteiger partial charge in [-0.3, -0.25) is 0 Å². The van der Waals surface area contributed by atoms with Crippen molar-refractivity contribution in [2.24, 2.45) is 0 Å². The molecule has 5 nitrogen and oxygen atoms in total. The fourth-order valence-electron chi connectivity index (χ4n) is 6.16. The quantitative estimate of drug-likeness (QED) is 0.181. The summed E-state index contributed by atoms with van der Waals surface area (Å²) in [6.07, 6.45) is 0. The number of benzene rings is 6. The van der Waals surface area contributed by atoms with Crippen LogP contribution in [-0.2, 0) is 4.57 Å². The van der Waals surface area contributed by atoms with Gasteiger partial charge in [0, 0.05) is 53.2 Å². The molecule has 1 aliphatic rings. The van der Waals surface area contributed by atoms with Crippen LogP contribution in [0.5, 0.6) is 0 Å². The maximum atomic E-state index is 15.8.